The Kier molecular flexibility index (Phi) is 19.4. The molecule has 0 amide bonds. The van der Waals surface area contributed by atoms with E-state index in [0.29, 0.717) is 0 Å². The molecule has 31 nitrogen and oxygen atoms in total. The Bertz CT molecular complexity index is 1510. The summed E-state index contributed by atoms with van der Waals surface area (Å²) in [7, 11) is 0. The topological polar surface area (TPSA) is 506 Å². The Hall–Kier alpha value is -1.24. The molecule has 6 saturated heterocycles. The van der Waals surface area contributed by atoms with Crippen LogP contribution in [0, 0.1) is 0 Å². The van der Waals surface area contributed by atoms with Crippen molar-refractivity contribution >= 4 is 0 Å². The fourth-order valence-corrected chi connectivity index (χ4v) is 8.33. The lowest BCUT2D eigenvalue weighted by molar-refractivity contribution is -0.399. The summed E-state index contributed by atoms with van der Waals surface area (Å²) in [4.78, 5) is 0. The third-order valence-corrected chi connectivity index (χ3v) is 12.4. The Balaban J connectivity index is 1.17. The van der Waals surface area contributed by atoms with Crippen molar-refractivity contribution in [2.75, 3.05) is 39.6 Å². The van der Waals surface area contributed by atoms with Crippen LogP contribution in [0.3, 0.4) is 0 Å². The van der Waals surface area contributed by atoms with Crippen molar-refractivity contribution in [1.29, 1.82) is 0 Å². The first-order chi connectivity index (χ1) is 31.7. The van der Waals surface area contributed by atoms with Gasteiger partial charge in [-0.3, -0.25) is 0 Å². The van der Waals surface area contributed by atoms with E-state index in [9.17, 15) is 102 Å². The maximum atomic E-state index is 11.2. The molecule has 1 unspecified atom stereocenters. The normalized spacial score (nSPS) is 53.4. The van der Waals surface area contributed by atoms with Crippen molar-refractivity contribution in [3.8, 4) is 0 Å². The molecule has 0 spiro atoms. The molecule has 67 heavy (non-hydrogen) atoms. The highest BCUT2D eigenvalue weighted by atomic mass is 16.8. The third-order valence-electron chi connectivity index (χ3n) is 12.4. The molecule has 0 saturated carbocycles. The lowest BCUT2D eigenvalue weighted by Gasteiger charge is -2.49. The summed E-state index contributed by atoms with van der Waals surface area (Å²) in [6.45, 7) is -5.53. The highest BCUT2D eigenvalue weighted by molar-refractivity contribution is 4.99. The molecule has 6 fully saturated rings. The summed E-state index contributed by atoms with van der Waals surface area (Å²) in [6, 6.07) is 0. The number of hydrogen-bond acceptors (Lipinski definition) is 31. The Morgan fingerprint density at radius 2 is 0.522 bits per heavy atom. The fraction of sp³-hybridized carbons (Fsp3) is 1.00. The molecule has 6 aliphatic rings. The molecule has 392 valence electrons. The van der Waals surface area contributed by atoms with Gasteiger partial charge in [0.1, 0.15) is 146 Å². The number of ether oxygens (including phenoxy) is 11. The summed E-state index contributed by atoms with van der Waals surface area (Å²) in [6.07, 6.45) is -57.8. The summed E-state index contributed by atoms with van der Waals surface area (Å²) in [5.41, 5.74) is 0. The first kappa shape index (κ1) is 55.1. The van der Waals surface area contributed by atoms with Crippen molar-refractivity contribution in [1.82, 2.24) is 0 Å². The molecule has 6 rings (SSSR count). The average Bonchev–Trinajstić information content (AvgIpc) is 3.31. The van der Waals surface area contributed by atoms with Gasteiger partial charge in [0.15, 0.2) is 37.7 Å². The quantitative estimate of drug-likeness (QED) is 0.0683. The van der Waals surface area contributed by atoms with E-state index in [1.165, 1.54) is 0 Å². The van der Waals surface area contributed by atoms with E-state index < -0.39 is 224 Å². The van der Waals surface area contributed by atoms with Gasteiger partial charge in [-0.05, 0) is 0 Å². The van der Waals surface area contributed by atoms with Gasteiger partial charge in [0, 0.05) is 0 Å². The van der Waals surface area contributed by atoms with Gasteiger partial charge in [0.05, 0.1) is 39.6 Å². The van der Waals surface area contributed by atoms with E-state index in [0.717, 1.165) is 0 Å². The minimum atomic E-state index is -2.25. The van der Waals surface area contributed by atoms with Crippen LogP contribution in [0.1, 0.15) is 0 Å². The second-order valence-electron chi connectivity index (χ2n) is 16.8. The molecular weight excluding hydrogens is 928 g/mol. The minimum Gasteiger partial charge on any atom is -0.394 e. The van der Waals surface area contributed by atoms with E-state index in [4.69, 9.17) is 52.1 Å². The van der Waals surface area contributed by atoms with Crippen LogP contribution >= 0.6 is 0 Å². The lowest BCUT2D eigenvalue weighted by atomic mass is 9.96. The van der Waals surface area contributed by atoms with Crippen LogP contribution in [0.5, 0.6) is 0 Å². The number of hydrogen-bond donors (Lipinski definition) is 20. The van der Waals surface area contributed by atoms with Gasteiger partial charge in [0.2, 0.25) is 0 Å². The smallest absolute Gasteiger partial charge is 0.187 e. The minimum absolute atomic E-state index is 0.881. The number of rotatable bonds is 16. The lowest BCUT2D eigenvalue weighted by Crippen LogP contribution is -2.67. The summed E-state index contributed by atoms with van der Waals surface area (Å²) in [5, 5.41) is 210. The van der Waals surface area contributed by atoms with E-state index in [-0.39, 0.29) is 0 Å². The van der Waals surface area contributed by atoms with Gasteiger partial charge in [-0.15, -0.1) is 0 Å². The monoisotopic (exact) mass is 990 g/mol. The Labute approximate surface area is 378 Å². The van der Waals surface area contributed by atoms with Crippen LogP contribution in [-0.2, 0) is 52.1 Å². The molecular formula is C36H62O31. The molecule has 6 aliphatic heterocycles. The first-order valence-corrected chi connectivity index (χ1v) is 21.1. The van der Waals surface area contributed by atoms with Gasteiger partial charge in [-0.1, -0.05) is 0 Å². The maximum Gasteiger partial charge on any atom is 0.187 e. The predicted octanol–water partition coefficient (Wildman–Crippen LogP) is -14.1. The predicted molar refractivity (Wildman–Crippen MR) is 199 cm³/mol. The standard InChI is InChI=1S/C36H62O31/c37-1-7-13(42)19(48)25(54)32(59-7)65-29-23(52)16(45)10(4-40)62-35(29)64-27-21(50)18(47)12(58-31(27)56)6-57-34-28(22(51)15(44)9(3-39)61-34)67-36-30(24(53)17(46)11(5-41)63-36)66-33-26(55)20(49)14(43)8(2-38)60-33/h7-56H,1-6H2/t7-,8-,9-,10-,11-,12-,13-,14-,15-,16-,17-,18-,19+,20+,21+,22+,23+,24+,25+,26+,27+,28+,29+,30+,31?,32-,33-,34+,35-,36-/m1/s1. The zero-order valence-corrected chi connectivity index (χ0v) is 35.0. The van der Waals surface area contributed by atoms with Crippen LogP contribution < -0.4 is 0 Å². The Morgan fingerprint density at radius 1 is 0.254 bits per heavy atom. The molecule has 0 aliphatic carbocycles. The summed E-state index contributed by atoms with van der Waals surface area (Å²) in [5.74, 6) is 0. The van der Waals surface area contributed by atoms with Gasteiger partial charge < -0.3 is 154 Å². The van der Waals surface area contributed by atoms with E-state index in [1.54, 1.807) is 0 Å². The second kappa shape index (κ2) is 23.5. The SMILES string of the molecule is OC[C@H]1O[C@H](O[C@@H]2[C@@H](O[C@@H]3[C@@H](OC[C@H]4OC(O)[C@@H](O[C@H]5O[C@H](CO)[C@@H](O)[C@H](O)[C@@H]5O[C@H]5O[C@H](CO)[C@@H](O)[C@H](O)[C@@H]5O)[C@@H](O)[C@@H]4O)O[C@H](CO)[C@@H](O)[C@@H]3O)O[C@H](CO)[C@@H](O)[C@@H]2O)[C@@H](O)[C@@H](O)[C@@H]1O. The van der Waals surface area contributed by atoms with Crippen LogP contribution in [0.25, 0.3) is 0 Å². The van der Waals surface area contributed by atoms with Crippen molar-refractivity contribution < 1.29 is 154 Å². The maximum absolute atomic E-state index is 11.2. The Morgan fingerprint density at radius 3 is 0.896 bits per heavy atom. The molecule has 0 aromatic carbocycles. The zero-order chi connectivity index (χ0) is 49.3. The van der Waals surface area contributed by atoms with Gasteiger partial charge in [-0.2, -0.15) is 0 Å². The van der Waals surface area contributed by atoms with Crippen molar-refractivity contribution in [2.24, 2.45) is 0 Å². The van der Waals surface area contributed by atoms with Gasteiger partial charge in [0.25, 0.3) is 0 Å². The van der Waals surface area contributed by atoms with Crippen molar-refractivity contribution in [2.45, 2.75) is 184 Å². The largest absolute Gasteiger partial charge is 0.394 e. The molecule has 20 N–H and O–H groups in total. The molecule has 0 aromatic rings. The van der Waals surface area contributed by atoms with Crippen LogP contribution in [-0.4, -0.2) is 326 Å². The zero-order valence-electron chi connectivity index (χ0n) is 35.0. The van der Waals surface area contributed by atoms with Crippen molar-refractivity contribution in [3.05, 3.63) is 0 Å². The highest BCUT2D eigenvalue weighted by Gasteiger charge is 2.57. The van der Waals surface area contributed by atoms with Crippen molar-refractivity contribution in [3.63, 3.8) is 0 Å². The number of aliphatic hydroxyl groups is 20. The first-order valence-electron chi connectivity index (χ1n) is 21.1. The summed E-state index contributed by atoms with van der Waals surface area (Å²) < 4.78 is 61.3. The fourth-order valence-electron chi connectivity index (χ4n) is 8.33. The van der Waals surface area contributed by atoms with Gasteiger partial charge in [-0.25, -0.2) is 0 Å². The van der Waals surface area contributed by atoms with E-state index >= 15 is 0 Å². The van der Waals surface area contributed by atoms with E-state index in [1.807, 2.05) is 0 Å². The summed E-state index contributed by atoms with van der Waals surface area (Å²) >= 11 is 0. The molecule has 31 heteroatoms. The van der Waals surface area contributed by atoms with E-state index in [2.05, 4.69) is 0 Å². The third kappa shape index (κ3) is 11.4. The highest BCUT2D eigenvalue weighted by Crippen LogP contribution is 2.36. The van der Waals surface area contributed by atoms with Crippen LogP contribution in [0.2, 0.25) is 0 Å². The molecule has 0 bridgehead atoms. The second-order valence-corrected chi connectivity index (χ2v) is 16.8. The van der Waals surface area contributed by atoms with Gasteiger partial charge >= 0.3 is 0 Å². The molecule has 0 aromatic heterocycles. The number of aliphatic hydroxyl groups excluding tert-OH is 20. The molecule has 0 radical (unpaired) electrons. The van der Waals surface area contributed by atoms with Crippen LogP contribution in [0.4, 0.5) is 0 Å². The molecule has 6 heterocycles. The average molecular weight is 991 g/mol. The van der Waals surface area contributed by atoms with Crippen LogP contribution in [0.15, 0.2) is 0 Å². The molecule has 30 atom stereocenters.